The highest BCUT2D eigenvalue weighted by atomic mass is 32.2. The maximum Gasteiger partial charge on any atom is 0.337 e. The number of benzene rings is 1. The van der Waals surface area contributed by atoms with Crippen molar-refractivity contribution in [3.8, 4) is 0 Å². The summed E-state index contributed by atoms with van der Waals surface area (Å²) in [4.78, 5) is 10.7. The van der Waals surface area contributed by atoms with E-state index in [9.17, 15) is 17.6 Å². The summed E-state index contributed by atoms with van der Waals surface area (Å²) >= 11 is 0. The first-order valence-electron chi connectivity index (χ1n) is 4.19. The molecule has 0 fully saturated rings. The average molecular weight is 247 g/mol. The first kappa shape index (κ1) is 12.4. The summed E-state index contributed by atoms with van der Waals surface area (Å²) in [6, 6.07) is 1.67. The van der Waals surface area contributed by atoms with Crippen molar-refractivity contribution in [2.24, 2.45) is 0 Å². The fourth-order valence-corrected chi connectivity index (χ4v) is 2.06. The van der Waals surface area contributed by atoms with Crippen LogP contribution < -0.4 is 5.73 Å². The number of sulfone groups is 1. The van der Waals surface area contributed by atoms with E-state index >= 15 is 0 Å². The van der Waals surface area contributed by atoms with Crippen molar-refractivity contribution in [1.82, 2.24) is 0 Å². The van der Waals surface area contributed by atoms with E-state index in [-0.39, 0.29) is 11.3 Å². The van der Waals surface area contributed by atoms with Gasteiger partial charge in [0.25, 0.3) is 0 Å². The van der Waals surface area contributed by atoms with E-state index in [4.69, 9.17) is 10.8 Å². The number of hydrogen-bond acceptors (Lipinski definition) is 4. The molecule has 0 heterocycles. The van der Waals surface area contributed by atoms with Crippen molar-refractivity contribution in [2.45, 2.75) is 5.75 Å². The number of aromatic carboxylic acids is 1. The lowest BCUT2D eigenvalue weighted by Gasteiger charge is -2.07. The second kappa shape index (κ2) is 4.09. The third-order valence-electron chi connectivity index (χ3n) is 1.88. The van der Waals surface area contributed by atoms with Crippen LogP contribution in [0.2, 0.25) is 0 Å². The van der Waals surface area contributed by atoms with Crippen LogP contribution in [-0.4, -0.2) is 25.7 Å². The number of carboxylic acid groups (broad SMARTS) is 1. The molecule has 88 valence electrons. The molecule has 0 bridgehead atoms. The molecule has 1 aromatic carbocycles. The highest BCUT2D eigenvalue weighted by Crippen LogP contribution is 2.21. The monoisotopic (exact) mass is 247 g/mol. The molecule has 0 aliphatic rings. The van der Waals surface area contributed by atoms with Gasteiger partial charge < -0.3 is 10.8 Å². The lowest BCUT2D eigenvalue weighted by atomic mass is 10.1. The fraction of sp³-hybridized carbons (Fsp3) is 0.222. The predicted molar refractivity (Wildman–Crippen MR) is 56.3 cm³/mol. The van der Waals surface area contributed by atoms with Crippen LogP contribution >= 0.6 is 0 Å². The lowest BCUT2D eigenvalue weighted by molar-refractivity contribution is 0.0697. The van der Waals surface area contributed by atoms with Gasteiger partial charge in [-0.1, -0.05) is 0 Å². The van der Waals surface area contributed by atoms with E-state index in [1.165, 1.54) is 0 Å². The minimum atomic E-state index is -3.40. The van der Waals surface area contributed by atoms with Crippen molar-refractivity contribution in [1.29, 1.82) is 0 Å². The third kappa shape index (κ3) is 2.93. The highest BCUT2D eigenvalue weighted by Gasteiger charge is 2.16. The standard InChI is InChI=1S/C9H10FNO4S/c1-16(14,15)4-5-2-6(10)3-7(8(5)11)9(12)13/h2-3H,4,11H2,1H3,(H,12,13). The van der Waals surface area contributed by atoms with Crippen molar-refractivity contribution in [3.05, 3.63) is 29.1 Å². The van der Waals surface area contributed by atoms with Crippen LogP contribution in [-0.2, 0) is 15.6 Å². The predicted octanol–water partition coefficient (Wildman–Crippen LogP) is 0.651. The Morgan fingerprint density at radius 1 is 1.50 bits per heavy atom. The van der Waals surface area contributed by atoms with E-state index in [0.717, 1.165) is 18.4 Å². The fourth-order valence-electron chi connectivity index (χ4n) is 1.25. The van der Waals surface area contributed by atoms with Gasteiger partial charge in [0.1, 0.15) is 5.82 Å². The van der Waals surface area contributed by atoms with Gasteiger partial charge in [0.15, 0.2) is 9.84 Å². The zero-order chi connectivity index (χ0) is 12.5. The molecule has 0 amide bonds. The van der Waals surface area contributed by atoms with E-state index in [0.29, 0.717) is 0 Å². The summed E-state index contributed by atoms with van der Waals surface area (Å²) in [7, 11) is -3.40. The third-order valence-corrected chi connectivity index (χ3v) is 2.71. The summed E-state index contributed by atoms with van der Waals surface area (Å²) in [6.45, 7) is 0. The number of rotatable bonds is 3. The van der Waals surface area contributed by atoms with Crippen LogP contribution in [0.4, 0.5) is 10.1 Å². The minimum absolute atomic E-state index is 0.0418. The van der Waals surface area contributed by atoms with Gasteiger partial charge in [-0.2, -0.15) is 0 Å². The molecule has 0 saturated carbocycles. The number of anilines is 1. The van der Waals surface area contributed by atoms with E-state index in [1.807, 2.05) is 0 Å². The quantitative estimate of drug-likeness (QED) is 0.764. The largest absolute Gasteiger partial charge is 0.478 e. The molecule has 1 aromatic rings. The van der Waals surface area contributed by atoms with E-state index in [2.05, 4.69) is 0 Å². The van der Waals surface area contributed by atoms with Gasteiger partial charge in [0.2, 0.25) is 0 Å². The number of hydrogen-bond donors (Lipinski definition) is 2. The summed E-state index contributed by atoms with van der Waals surface area (Å²) in [5.41, 5.74) is 4.75. The molecular weight excluding hydrogens is 237 g/mol. The number of nitrogen functional groups attached to an aromatic ring is 1. The van der Waals surface area contributed by atoms with Crippen LogP contribution in [0.1, 0.15) is 15.9 Å². The molecule has 1 rings (SSSR count). The molecule has 0 saturated heterocycles. The second-order valence-corrected chi connectivity index (χ2v) is 5.54. The summed E-state index contributed by atoms with van der Waals surface area (Å²) in [5, 5.41) is 8.72. The molecule has 0 atom stereocenters. The molecule has 0 unspecified atom stereocenters. The number of halogens is 1. The van der Waals surface area contributed by atoms with Crippen LogP contribution in [0.3, 0.4) is 0 Å². The zero-order valence-electron chi connectivity index (χ0n) is 8.40. The number of carbonyl (C=O) groups is 1. The van der Waals surface area contributed by atoms with Crippen LogP contribution in [0.25, 0.3) is 0 Å². The maximum atomic E-state index is 13.0. The van der Waals surface area contributed by atoms with Crippen LogP contribution in [0.15, 0.2) is 12.1 Å². The Morgan fingerprint density at radius 2 is 2.06 bits per heavy atom. The summed E-state index contributed by atoms with van der Waals surface area (Å²) in [6.07, 6.45) is 0.956. The number of carboxylic acids is 1. The molecule has 0 aliphatic carbocycles. The molecule has 0 radical (unpaired) electrons. The molecule has 5 nitrogen and oxygen atoms in total. The number of nitrogens with two attached hydrogens (primary N) is 1. The Bertz CT molecular complexity index is 539. The molecule has 3 N–H and O–H groups in total. The SMILES string of the molecule is CS(=O)(=O)Cc1cc(F)cc(C(=O)O)c1N. The Balaban J connectivity index is 3.35. The topological polar surface area (TPSA) is 97.5 Å². The minimum Gasteiger partial charge on any atom is -0.478 e. The Hall–Kier alpha value is -1.63. The lowest BCUT2D eigenvalue weighted by Crippen LogP contribution is -2.10. The molecule has 0 spiro atoms. The normalized spacial score (nSPS) is 11.4. The Morgan fingerprint density at radius 3 is 2.50 bits per heavy atom. The van der Waals surface area contributed by atoms with E-state index in [1.54, 1.807) is 0 Å². The smallest absolute Gasteiger partial charge is 0.337 e. The second-order valence-electron chi connectivity index (χ2n) is 3.40. The van der Waals surface area contributed by atoms with Crippen molar-refractivity contribution >= 4 is 21.5 Å². The van der Waals surface area contributed by atoms with Gasteiger partial charge in [0, 0.05) is 6.26 Å². The van der Waals surface area contributed by atoms with Gasteiger partial charge in [-0.25, -0.2) is 17.6 Å². The highest BCUT2D eigenvalue weighted by molar-refractivity contribution is 7.89. The van der Waals surface area contributed by atoms with Gasteiger partial charge in [-0.15, -0.1) is 0 Å². The molecule has 0 aromatic heterocycles. The van der Waals surface area contributed by atoms with E-state index < -0.39 is 32.9 Å². The van der Waals surface area contributed by atoms with Crippen LogP contribution in [0, 0.1) is 5.82 Å². The van der Waals surface area contributed by atoms with Gasteiger partial charge in [-0.05, 0) is 17.7 Å². The molecular formula is C9H10FNO4S. The van der Waals surface area contributed by atoms with Crippen molar-refractivity contribution < 1.29 is 22.7 Å². The van der Waals surface area contributed by atoms with Gasteiger partial charge in [-0.3, -0.25) is 0 Å². The first-order valence-corrected chi connectivity index (χ1v) is 6.25. The Labute approximate surface area is 91.6 Å². The molecule has 0 aliphatic heterocycles. The molecule has 7 heteroatoms. The average Bonchev–Trinajstić information content (AvgIpc) is 2.07. The van der Waals surface area contributed by atoms with Gasteiger partial charge >= 0.3 is 5.97 Å². The van der Waals surface area contributed by atoms with Gasteiger partial charge in [0.05, 0.1) is 17.0 Å². The summed E-state index contributed by atoms with van der Waals surface area (Å²) in [5.74, 6) is -2.71. The summed E-state index contributed by atoms with van der Waals surface area (Å²) < 4.78 is 35.1. The van der Waals surface area contributed by atoms with Crippen molar-refractivity contribution in [3.63, 3.8) is 0 Å². The van der Waals surface area contributed by atoms with Crippen molar-refractivity contribution in [2.75, 3.05) is 12.0 Å². The maximum absolute atomic E-state index is 13.0. The Kier molecular flexibility index (Phi) is 3.18. The zero-order valence-corrected chi connectivity index (χ0v) is 9.21. The van der Waals surface area contributed by atoms with Crippen LogP contribution in [0.5, 0.6) is 0 Å². The molecule has 16 heavy (non-hydrogen) atoms. The first-order chi connectivity index (χ1) is 7.20.